The van der Waals surface area contributed by atoms with Crippen molar-refractivity contribution in [2.75, 3.05) is 0 Å². The normalized spacial score (nSPS) is 19.1. The fraction of sp³-hybridized carbons (Fsp3) is 0.286. The number of allylic oxidation sites excluding steroid dienone is 2. The van der Waals surface area contributed by atoms with Crippen molar-refractivity contribution >= 4 is 28.1 Å². The number of nitrogens with zero attached hydrogens (tertiary/aromatic N) is 1. The number of halogens is 1. The van der Waals surface area contributed by atoms with Crippen molar-refractivity contribution in [3.63, 3.8) is 0 Å². The van der Waals surface area contributed by atoms with Gasteiger partial charge in [-0.05, 0) is 53.2 Å². The van der Waals surface area contributed by atoms with E-state index >= 15 is 0 Å². The third-order valence-electron chi connectivity index (χ3n) is 2.88. The smallest absolute Gasteiger partial charge is 0.267 e. The van der Waals surface area contributed by atoms with Gasteiger partial charge in [0.25, 0.3) is 5.91 Å². The van der Waals surface area contributed by atoms with Gasteiger partial charge in [0.05, 0.1) is 5.56 Å². The number of nitrogens with one attached hydrogen (secondary N) is 1. The summed E-state index contributed by atoms with van der Waals surface area (Å²) in [6, 6.07) is 7.30. The third kappa shape index (κ3) is 3.53. The predicted octanol–water partition coefficient (Wildman–Crippen LogP) is 3.52. The van der Waals surface area contributed by atoms with E-state index in [-0.39, 0.29) is 5.91 Å². The molecule has 0 saturated carbocycles. The molecule has 1 aliphatic carbocycles. The van der Waals surface area contributed by atoms with E-state index in [0.717, 1.165) is 23.7 Å². The Morgan fingerprint density at radius 2 is 2.22 bits per heavy atom. The second-order valence-corrected chi connectivity index (χ2v) is 5.10. The quantitative estimate of drug-likeness (QED) is 0.518. The minimum absolute atomic E-state index is 0.190. The Morgan fingerprint density at radius 3 is 2.94 bits per heavy atom. The number of carbonyl (C=O) groups excluding carboxylic acids is 1. The van der Waals surface area contributed by atoms with Crippen LogP contribution in [0, 0.1) is 5.92 Å². The van der Waals surface area contributed by atoms with Gasteiger partial charge in [0.2, 0.25) is 0 Å². The van der Waals surface area contributed by atoms with E-state index < -0.39 is 0 Å². The summed E-state index contributed by atoms with van der Waals surface area (Å²) >= 11 is 3.34. The Labute approximate surface area is 115 Å². The van der Waals surface area contributed by atoms with Gasteiger partial charge in [-0.1, -0.05) is 24.3 Å². The second-order valence-electron chi connectivity index (χ2n) is 4.24. The fourth-order valence-corrected chi connectivity index (χ4v) is 2.32. The summed E-state index contributed by atoms with van der Waals surface area (Å²) in [7, 11) is 0. The number of hydrogen-bond acceptors (Lipinski definition) is 2. The van der Waals surface area contributed by atoms with E-state index in [9.17, 15) is 4.79 Å². The van der Waals surface area contributed by atoms with Crippen LogP contribution in [0.15, 0.2) is 46.0 Å². The lowest BCUT2D eigenvalue weighted by Gasteiger charge is -2.11. The number of rotatable bonds is 3. The summed E-state index contributed by atoms with van der Waals surface area (Å²) in [5.74, 6) is 0.250. The summed E-state index contributed by atoms with van der Waals surface area (Å²) in [5, 5.41) is 4.03. The zero-order valence-electron chi connectivity index (χ0n) is 9.97. The topological polar surface area (TPSA) is 41.5 Å². The molecule has 0 fully saturated rings. The average Bonchev–Trinajstić information content (AvgIpc) is 2.40. The number of hydrogen-bond donors (Lipinski definition) is 1. The van der Waals surface area contributed by atoms with Gasteiger partial charge in [0.1, 0.15) is 0 Å². The van der Waals surface area contributed by atoms with Crippen molar-refractivity contribution in [2.24, 2.45) is 11.0 Å². The molecule has 0 heterocycles. The van der Waals surface area contributed by atoms with E-state index in [2.05, 4.69) is 38.6 Å². The summed E-state index contributed by atoms with van der Waals surface area (Å²) in [5.41, 5.74) is 3.16. The molecule has 3 nitrogen and oxygen atoms in total. The number of amides is 1. The second kappa shape index (κ2) is 6.50. The van der Waals surface area contributed by atoms with Crippen LogP contribution in [0.4, 0.5) is 0 Å². The molecule has 1 aliphatic rings. The largest absolute Gasteiger partial charge is 0.272 e. The van der Waals surface area contributed by atoms with Gasteiger partial charge in [-0.25, -0.2) is 5.43 Å². The molecule has 18 heavy (non-hydrogen) atoms. The van der Waals surface area contributed by atoms with Crippen LogP contribution in [0.3, 0.4) is 0 Å². The maximum Gasteiger partial charge on any atom is 0.272 e. The predicted molar refractivity (Wildman–Crippen MR) is 76.6 cm³/mol. The van der Waals surface area contributed by atoms with Crippen molar-refractivity contribution in [1.82, 2.24) is 5.43 Å². The maximum atomic E-state index is 11.8. The van der Waals surface area contributed by atoms with E-state index in [1.54, 1.807) is 6.07 Å². The van der Waals surface area contributed by atoms with Crippen molar-refractivity contribution in [3.05, 3.63) is 46.5 Å². The number of hydrazone groups is 1. The molecule has 4 heteroatoms. The SMILES string of the molecule is O=C(N/N=C/C1CC=CCC1)c1ccccc1Br. The van der Waals surface area contributed by atoms with Gasteiger partial charge < -0.3 is 0 Å². The first-order chi connectivity index (χ1) is 8.77. The van der Waals surface area contributed by atoms with Crippen LogP contribution in [0.5, 0.6) is 0 Å². The van der Waals surface area contributed by atoms with Crippen LogP contribution in [-0.4, -0.2) is 12.1 Å². The third-order valence-corrected chi connectivity index (χ3v) is 3.57. The van der Waals surface area contributed by atoms with Crippen LogP contribution in [-0.2, 0) is 0 Å². The summed E-state index contributed by atoms with van der Waals surface area (Å²) < 4.78 is 0.776. The molecular weight excluding hydrogens is 292 g/mol. The molecule has 0 aromatic heterocycles. The highest BCUT2D eigenvalue weighted by molar-refractivity contribution is 9.10. The zero-order chi connectivity index (χ0) is 12.8. The van der Waals surface area contributed by atoms with Crippen LogP contribution in [0.2, 0.25) is 0 Å². The van der Waals surface area contributed by atoms with Gasteiger partial charge in [-0.3, -0.25) is 4.79 Å². The molecule has 0 saturated heterocycles. The molecule has 0 radical (unpaired) electrons. The minimum Gasteiger partial charge on any atom is -0.267 e. The minimum atomic E-state index is -0.190. The fourth-order valence-electron chi connectivity index (χ4n) is 1.86. The van der Waals surface area contributed by atoms with Gasteiger partial charge >= 0.3 is 0 Å². The summed E-state index contributed by atoms with van der Waals surface area (Å²) in [6.45, 7) is 0. The first-order valence-corrected chi connectivity index (χ1v) is 6.79. The molecule has 0 bridgehead atoms. The Balaban J connectivity index is 1.90. The van der Waals surface area contributed by atoms with Crippen molar-refractivity contribution < 1.29 is 4.79 Å². The van der Waals surface area contributed by atoms with E-state index in [1.807, 2.05) is 24.4 Å². The van der Waals surface area contributed by atoms with Crippen LogP contribution in [0.25, 0.3) is 0 Å². The van der Waals surface area contributed by atoms with Gasteiger partial charge in [-0.2, -0.15) is 5.10 Å². The van der Waals surface area contributed by atoms with E-state index in [1.165, 1.54) is 0 Å². The molecular formula is C14H15BrN2O. The molecule has 1 atom stereocenters. The first-order valence-electron chi connectivity index (χ1n) is 6.00. The van der Waals surface area contributed by atoms with Crippen molar-refractivity contribution in [1.29, 1.82) is 0 Å². The molecule has 2 rings (SSSR count). The van der Waals surface area contributed by atoms with E-state index in [0.29, 0.717) is 11.5 Å². The Kier molecular flexibility index (Phi) is 4.70. The highest BCUT2D eigenvalue weighted by Gasteiger charge is 2.09. The zero-order valence-corrected chi connectivity index (χ0v) is 11.6. The molecule has 1 unspecified atom stereocenters. The highest BCUT2D eigenvalue weighted by Crippen LogP contribution is 2.16. The van der Waals surface area contributed by atoms with Crippen LogP contribution < -0.4 is 5.43 Å². The maximum absolute atomic E-state index is 11.8. The molecule has 94 valence electrons. The summed E-state index contributed by atoms with van der Waals surface area (Å²) in [4.78, 5) is 11.8. The number of carbonyl (C=O) groups is 1. The van der Waals surface area contributed by atoms with Gasteiger partial charge in [0, 0.05) is 10.7 Å². The van der Waals surface area contributed by atoms with E-state index in [4.69, 9.17) is 0 Å². The molecule has 1 aromatic rings. The van der Waals surface area contributed by atoms with Gasteiger partial charge in [-0.15, -0.1) is 0 Å². The molecule has 0 aliphatic heterocycles. The molecule has 1 N–H and O–H groups in total. The average molecular weight is 307 g/mol. The standard InChI is InChI=1S/C14H15BrN2O/c15-13-9-5-4-8-12(13)14(18)17-16-10-11-6-2-1-3-7-11/h1-2,4-5,8-11H,3,6-7H2,(H,17,18)/b16-10+. The monoisotopic (exact) mass is 306 g/mol. The number of benzene rings is 1. The highest BCUT2D eigenvalue weighted by atomic mass is 79.9. The Bertz CT molecular complexity index is 482. The van der Waals surface area contributed by atoms with Crippen LogP contribution in [0.1, 0.15) is 29.6 Å². The molecule has 0 spiro atoms. The molecule has 1 aromatic carbocycles. The Morgan fingerprint density at radius 1 is 1.39 bits per heavy atom. The van der Waals surface area contributed by atoms with Crippen LogP contribution >= 0.6 is 15.9 Å². The lowest BCUT2D eigenvalue weighted by Crippen LogP contribution is -2.19. The van der Waals surface area contributed by atoms with Crippen molar-refractivity contribution in [2.45, 2.75) is 19.3 Å². The first kappa shape index (κ1) is 13.0. The van der Waals surface area contributed by atoms with Gasteiger partial charge in [0.15, 0.2) is 0 Å². The Hall–Kier alpha value is -1.42. The lowest BCUT2D eigenvalue weighted by atomic mass is 9.96. The van der Waals surface area contributed by atoms with Crippen molar-refractivity contribution in [3.8, 4) is 0 Å². The summed E-state index contributed by atoms with van der Waals surface area (Å²) in [6.07, 6.45) is 9.38. The molecule has 1 amide bonds. The lowest BCUT2D eigenvalue weighted by molar-refractivity contribution is 0.0954.